The van der Waals surface area contributed by atoms with Gasteiger partial charge in [0.2, 0.25) is 17.6 Å². The first-order chi connectivity index (χ1) is 20.8. The van der Waals surface area contributed by atoms with E-state index in [9.17, 15) is 24.5 Å². The maximum Gasteiger partial charge on any atom is 0.311 e. The molecule has 1 aliphatic heterocycles. The summed E-state index contributed by atoms with van der Waals surface area (Å²) in [5, 5.41) is 18.1. The number of hydrogen-bond donors (Lipinski definition) is 2. The molecule has 0 spiro atoms. The number of halogens is 1. The van der Waals surface area contributed by atoms with Crippen molar-refractivity contribution in [2.45, 2.75) is 63.6 Å². The van der Waals surface area contributed by atoms with Crippen LogP contribution < -0.4 is 15.4 Å². The second-order valence-electron chi connectivity index (χ2n) is 10.9. The van der Waals surface area contributed by atoms with Gasteiger partial charge in [-0.1, -0.05) is 61.5 Å². The number of amides is 3. The van der Waals surface area contributed by atoms with Crippen LogP contribution in [0.4, 0.5) is 5.69 Å². The topological polar surface area (TPSA) is 131 Å². The van der Waals surface area contributed by atoms with Crippen molar-refractivity contribution in [1.29, 1.82) is 0 Å². The number of carbonyl (C=O) groups excluding carboxylic acids is 3. The van der Waals surface area contributed by atoms with E-state index in [4.69, 9.17) is 16.3 Å². The largest absolute Gasteiger partial charge is 0.450 e. The van der Waals surface area contributed by atoms with Crippen molar-refractivity contribution >= 4 is 35.0 Å². The molecule has 1 fully saturated rings. The number of fused-ring (bicyclic) bond motifs is 4. The molecule has 1 saturated carbocycles. The number of nitro groups is 1. The highest BCUT2D eigenvalue weighted by Crippen LogP contribution is 2.34. The number of nitro benzene ring substituents is 1. The molecule has 3 aromatic carbocycles. The number of rotatable bonds is 5. The van der Waals surface area contributed by atoms with Crippen LogP contribution in [0.3, 0.4) is 0 Å². The molecule has 10 nitrogen and oxygen atoms in total. The molecule has 0 saturated heterocycles. The first-order valence-electron chi connectivity index (χ1n) is 14.4. The van der Waals surface area contributed by atoms with Crippen LogP contribution in [0.5, 0.6) is 11.5 Å². The zero-order valence-electron chi connectivity index (χ0n) is 23.6. The minimum absolute atomic E-state index is 0.0763. The summed E-state index contributed by atoms with van der Waals surface area (Å²) in [4.78, 5) is 53.7. The van der Waals surface area contributed by atoms with Gasteiger partial charge in [-0.3, -0.25) is 24.5 Å². The molecule has 2 N–H and O–H groups in total. The van der Waals surface area contributed by atoms with Gasteiger partial charge >= 0.3 is 5.69 Å². The van der Waals surface area contributed by atoms with Gasteiger partial charge in [0.1, 0.15) is 18.3 Å². The van der Waals surface area contributed by atoms with Crippen LogP contribution in [0.1, 0.15) is 60.0 Å². The zero-order valence-corrected chi connectivity index (χ0v) is 24.3. The van der Waals surface area contributed by atoms with Crippen LogP contribution in [0, 0.1) is 10.1 Å². The van der Waals surface area contributed by atoms with E-state index in [0.29, 0.717) is 16.3 Å². The monoisotopic (exact) mass is 604 g/mol. The summed E-state index contributed by atoms with van der Waals surface area (Å²) in [5.41, 5.74) is 1.42. The molecule has 2 aliphatic rings. The summed E-state index contributed by atoms with van der Waals surface area (Å²) in [6, 6.07) is 16.8. The highest BCUT2D eigenvalue weighted by Gasteiger charge is 2.31. The minimum atomic E-state index is -0.948. The summed E-state index contributed by atoms with van der Waals surface area (Å²) in [5.74, 6) is -1.05. The van der Waals surface area contributed by atoms with Gasteiger partial charge in [-0.15, -0.1) is 0 Å². The summed E-state index contributed by atoms with van der Waals surface area (Å²) < 4.78 is 5.97. The van der Waals surface area contributed by atoms with Crippen LogP contribution in [0.15, 0.2) is 66.7 Å². The smallest absolute Gasteiger partial charge is 0.311 e. The van der Waals surface area contributed by atoms with Gasteiger partial charge < -0.3 is 20.3 Å². The fourth-order valence-corrected chi connectivity index (χ4v) is 5.72. The fraction of sp³-hybridized carbons (Fsp3) is 0.344. The average Bonchev–Trinajstić information content (AvgIpc) is 3.28. The van der Waals surface area contributed by atoms with Crippen molar-refractivity contribution in [2.24, 2.45) is 0 Å². The van der Waals surface area contributed by atoms with Crippen molar-refractivity contribution in [1.82, 2.24) is 15.5 Å². The third-order valence-electron chi connectivity index (χ3n) is 7.84. The van der Waals surface area contributed by atoms with E-state index in [-0.39, 0.29) is 42.6 Å². The van der Waals surface area contributed by atoms with Gasteiger partial charge in [0.25, 0.3) is 5.91 Å². The number of ether oxygens (including phenoxy) is 1. The van der Waals surface area contributed by atoms with Crippen LogP contribution >= 0.6 is 11.6 Å². The second kappa shape index (κ2) is 13.7. The number of benzene rings is 3. The molecule has 224 valence electrons. The summed E-state index contributed by atoms with van der Waals surface area (Å²) in [6.07, 6.45) is 5.57. The maximum atomic E-state index is 13.9. The molecular formula is C32H33ClN4O6. The van der Waals surface area contributed by atoms with E-state index in [2.05, 4.69) is 10.6 Å². The predicted molar refractivity (Wildman–Crippen MR) is 161 cm³/mol. The average molecular weight is 605 g/mol. The van der Waals surface area contributed by atoms with E-state index in [1.165, 1.54) is 18.2 Å². The number of nitrogens with one attached hydrogen (secondary N) is 2. The lowest BCUT2D eigenvalue weighted by atomic mass is 10.0. The lowest BCUT2D eigenvalue weighted by Crippen LogP contribution is -2.52. The van der Waals surface area contributed by atoms with E-state index in [1.807, 2.05) is 0 Å². The molecule has 1 atom stereocenters. The molecule has 1 aliphatic carbocycles. The SMILES string of the molecule is O=C1CN(C2CCCCCC2)C(=O)c2ccc([N+](=O)[O-])c(c2)Oc2cccc(c2)CC(C(=O)NCc2ccc(Cl)cc2)N1. The lowest BCUT2D eigenvalue weighted by Gasteiger charge is -2.32. The van der Waals surface area contributed by atoms with E-state index >= 15 is 0 Å². The Balaban J connectivity index is 1.49. The molecule has 3 aromatic rings. The van der Waals surface area contributed by atoms with Crippen LogP contribution in [-0.4, -0.2) is 46.2 Å². The molecule has 1 unspecified atom stereocenters. The third-order valence-corrected chi connectivity index (χ3v) is 8.09. The van der Waals surface area contributed by atoms with Crippen LogP contribution in [0.2, 0.25) is 5.02 Å². The van der Waals surface area contributed by atoms with E-state index < -0.39 is 28.7 Å². The van der Waals surface area contributed by atoms with E-state index in [0.717, 1.165) is 44.1 Å². The number of carbonyl (C=O) groups is 3. The summed E-state index contributed by atoms with van der Waals surface area (Å²) >= 11 is 5.98. The predicted octanol–water partition coefficient (Wildman–Crippen LogP) is 5.56. The quantitative estimate of drug-likeness (QED) is 0.223. The second-order valence-corrected chi connectivity index (χ2v) is 11.4. The number of nitrogens with zero attached hydrogens (tertiary/aromatic N) is 2. The zero-order chi connectivity index (χ0) is 30.3. The molecule has 5 rings (SSSR count). The summed E-state index contributed by atoms with van der Waals surface area (Å²) in [6.45, 7) is -0.0196. The lowest BCUT2D eigenvalue weighted by molar-refractivity contribution is -0.385. The van der Waals surface area contributed by atoms with Crippen LogP contribution in [-0.2, 0) is 22.6 Å². The highest BCUT2D eigenvalue weighted by atomic mass is 35.5. The van der Waals surface area contributed by atoms with E-state index in [1.54, 1.807) is 53.4 Å². The molecule has 1 heterocycles. The normalized spacial score (nSPS) is 18.1. The minimum Gasteiger partial charge on any atom is -0.450 e. The molecule has 0 radical (unpaired) electrons. The Kier molecular flexibility index (Phi) is 9.56. The van der Waals surface area contributed by atoms with Crippen molar-refractivity contribution in [3.05, 3.63) is 98.6 Å². The highest BCUT2D eigenvalue weighted by molar-refractivity contribution is 6.30. The van der Waals surface area contributed by atoms with Gasteiger partial charge in [0.05, 0.1) is 4.92 Å². The van der Waals surface area contributed by atoms with Gasteiger partial charge in [0, 0.05) is 41.7 Å². The van der Waals surface area contributed by atoms with Crippen molar-refractivity contribution < 1.29 is 24.0 Å². The van der Waals surface area contributed by atoms with Crippen molar-refractivity contribution in [3.8, 4) is 11.5 Å². The molecule has 3 amide bonds. The Morgan fingerprint density at radius 3 is 2.49 bits per heavy atom. The first-order valence-corrected chi connectivity index (χ1v) is 14.8. The standard InChI is InChI=1S/C32H33ClN4O6/c33-24-13-10-21(11-14-24)19-34-31(39)27-17-22-6-5-9-26(16-22)43-29-18-23(12-15-28(29)37(41)42)32(40)36(20-30(38)35-27)25-7-3-1-2-4-8-25/h5-6,9-16,18,25,27H,1-4,7-8,17,19-20H2,(H,34,39)(H,35,38). The Morgan fingerprint density at radius 2 is 1.77 bits per heavy atom. The molecule has 43 heavy (non-hydrogen) atoms. The molecule has 0 aromatic heterocycles. The van der Waals surface area contributed by atoms with Gasteiger partial charge in [-0.05, 0) is 54.3 Å². The van der Waals surface area contributed by atoms with Crippen LogP contribution in [0.25, 0.3) is 0 Å². The summed E-state index contributed by atoms with van der Waals surface area (Å²) in [7, 11) is 0. The van der Waals surface area contributed by atoms with Gasteiger partial charge in [0.15, 0.2) is 0 Å². The number of hydrogen-bond acceptors (Lipinski definition) is 6. The molecule has 4 bridgehead atoms. The third kappa shape index (κ3) is 7.70. The Morgan fingerprint density at radius 1 is 1.02 bits per heavy atom. The Hall–Kier alpha value is -4.44. The molecular weight excluding hydrogens is 572 g/mol. The fourth-order valence-electron chi connectivity index (χ4n) is 5.60. The van der Waals surface area contributed by atoms with Gasteiger partial charge in [-0.25, -0.2) is 0 Å². The Bertz CT molecular complexity index is 1500. The molecule has 11 heteroatoms. The van der Waals surface area contributed by atoms with Crippen molar-refractivity contribution in [2.75, 3.05) is 6.54 Å². The van der Waals surface area contributed by atoms with Gasteiger partial charge in [-0.2, -0.15) is 0 Å². The maximum absolute atomic E-state index is 13.9. The first kappa shape index (κ1) is 30.0. The Labute approximate surface area is 254 Å². The van der Waals surface area contributed by atoms with Crippen molar-refractivity contribution in [3.63, 3.8) is 0 Å².